The number of ether oxygens (including phenoxy) is 1. The number of aliphatic hydroxyl groups excluding tert-OH is 1. The molecule has 19 heavy (non-hydrogen) atoms. The molecule has 0 bridgehead atoms. The molecule has 3 rings (SSSR count). The molecule has 1 aromatic heterocycles. The molecule has 0 fully saturated rings. The molecule has 2 aromatic rings. The van der Waals surface area contributed by atoms with E-state index in [9.17, 15) is 9.50 Å². The van der Waals surface area contributed by atoms with E-state index in [1.807, 2.05) is 16.8 Å². The van der Waals surface area contributed by atoms with Gasteiger partial charge in [-0.15, -0.1) is 0 Å². The molecule has 1 heterocycles. The minimum Gasteiger partial charge on any atom is -0.494 e. The lowest BCUT2D eigenvalue weighted by Crippen LogP contribution is -2.11. The van der Waals surface area contributed by atoms with E-state index in [4.69, 9.17) is 4.74 Å². The number of nitrogens with zero attached hydrogens (tertiary/aromatic N) is 1. The summed E-state index contributed by atoms with van der Waals surface area (Å²) in [4.78, 5) is 0. The Bertz CT molecular complexity index is 606. The summed E-state index contributed by atoms with van der Waals surface area (Å²) in [6.07, 6.45) is 4.20. The lowest BCUT2D eigenvalue weighted by molar-refractivity contribution is 0.156. The van der Waals surface area contributed by atoms with E-state index in [1.54, 1.807) is 6.07 Å². The number of hydrogen-bond donors (Lipinski definition) is 1. The Kier molecular flexibility index (Phi) is 3.03. The quantitative estimate of drug-likeness (QED) is 0.901. The standard InChI is InChI=1S/C15H16FNO2/c1-19-15-9-10(16)5-6-13(15)17-8-7-11-12(17)3-2-4-14(11)18/h5-9,14,18H,2-4H2,1H3. The number of fused-ring (bicyclic) bond motifs is 1. The van der Waals surface area contributed by atoms with Crippen molar-refractivity contribution in [3.8, 4) is 11.4 Å². The summed E-state index contributed by atoms with van der Waals surface area (Å²) < 4.78 is 20.5. The molecular formula is C15H16FNO2. The van der Waals surface area contributed by atoms with Crippen LogP contribution >= 0.6 is 0 Å². The largest absolute Gasteiger partial charge is 0.494 e. The second-order valence-corrected chi connectivity index (χ2v) is 4.81. The van der Waals surface area contributed by atoms with E-state index in [1.165, 1.54) is 19.2 Å². The van der Waals surface area contributed by atoms with E-state index in [0.717, 1.165) is 36.2 Å². The zero-order valence-corrected chi connectivity index (χ0v) is 10.8. The van der Waals surface area contributed by atoms with Gasteiger partial charge in [0.1, 0.15) is 11.6 Å². The van der Waals surface area contributed by atoms with Crippen LogP contribution in [0.25, 0.3) is 5.69 Å². The highest BCUT2D eigenvalue weighted by Gasteiger charge is 2.22. The Hall–Kier alpha value is -1.81. The first-order chi connectivity index (χ1) is 9.20. The fraction of sp³-hybridized carbons (Fsp3) is 0.333. The maximum atomic E-state index is 13.2. The van der Waals surface area contributed by atoms with Crippen molar-refractivity contribution in [2.24, 2.45) is 0 Å². The monoisotopic (exact) mass is 261 g/mol. The van der Waals surface area contributed by atoms with Gasteiger partial charge >= 0.3 is 0 Å². The maximum absolute atomic E-state index is 13.2. The van der Waals surface area contributed by atoms with E-state index in [2.05, 4.69) is 0 Å². The van der Waals surface area contributed by atoms with Crippen molar-refractivity contribution in [2.75, 3.05) is 7.11 Å². The topological polar surface area (TPSA) is 34.4 Å². The van der Waals surface area contributed by atoms with Gasteiger partial charge in [0.2, 0.25) is 0 Å². The van der Waals surface area contributed by atoms with Gasteiger partial charge in [0.05, 0.1) is 18.9 Å². The minimum atomic E-state index is -0.392. The van der Waals surface area contributed by atoms with Crippen molar-refractivity contribution in [2.45, 2.75) is 25.4 Å². The number of benzene rings is 1. The van der Waals surface area contributed by atoms with Gasteiger partial charge in [-0.25, -0.2) is 4.39 Å². The minimum absolute atomic E-state index is 0.318. The van der Waals surface area contributed by atoms with Crippen LogP contribution in [0.1, 0.15) is 30.2 Å². The van der Waals surface area contributed by atoms with Gasteiger partial charge in [0.25, 0.3) is 0 Å². The van der Waals surface area contributed by atoms with Gasteiger partial charge in [0.15, 0.2) is 0 Å². The van der Waals surface area contributed by atoms with Gasteiger partial charge in [0, 0.05) is 23.5 Å². The molecule has 1 N–H and O–H groups in total. The van der Waals surface area contributed by atoms with Gasteiger partial charge in [-0.1, -0.05) is 0 Å². The van der Waals surface area contributed by atoms with Gasteiger partial charge in [-0.05, 0) is 37.5 Å². The predicted octanol–water partition coefficient (Wildman–Crippen LogP) is 2.99. The molecule has 1 aliphatic carbocycles. The molecule has 4 heteroatoms. The Labute approximate surface area is 111 Å². The van der Waals surface area contributed by atoms with Crippen molar-refractivity contribution >= 4 is 0 Å². The number of halogens is 1. The van der Waals surface area contributed by atoms with Gasteiger partial charge in [-0.2, -0.15) is 0 Å². The van der Waals surface area contributed by atoms with Crippen molar-refractivity contribution in [3.63, 3.8) is 0 Å². The highest BCUT2D eigenvalue weighted by Crippen LogP contribution is 2.34. The summed E-state index contributed by atoms with van der Waals surface area (Å²) in [6.45, 7) is 0. The van der Waals surface area contributed by atoms with Crippen LogP contribution in [-0.2, 0) is 6.42 Å². The average molecular weight is 261 g/mol. The smallest absolute Gasteiger partial charge is 0.145 e. The Morgan fingerprint density at radius 3 is 3.00 bits per heavy atom. The first-order valence-corrected chi connectivity index (χ1v) is 6.43. The second kappa shape index (κ2) is 4.70. The SMILES string of the molecule is COc1cc(F)ccc1-n1ccc2c1CCCC2O. The van der Waals surface area contributed by atoms with Crippen molar-refractivity contribution in [3.05, 3.63) is 47.5 Å². The fourth-order valence-electron chi connectivity index (χ4n) is 2.74. The van der Waals surface area contributed by atoms with Crippen LogP contribution in [0.5, 0.6) is 5.75 Å². The molecule has 0 amide bonds. The van der Waals surface area contributed by atoms with Crippen LogP contribution in [0, 0.1) is 5.82 Å². The zero-order chi connectivity index (χ0) is 13.4. The molecule has 0 spiro atoms. The lowest BCUT2D eigenvalue weighted by Gasteiger charge is -2.21. The first kappa shape index (κ1) is 12.2. The summed E-state index contributed by atoms with van der Waals surface area (Å²) in [5, 5.41) is 9.99. The molecule has 1 aliphatic rings. The molecule has 100 valence electrons. The molecule has 1 unspecified atom stereocenters. The van der Waals surface area contributed by atoms with E-state index >= 15 is 0 Å². The van der Waals surface area contributed by atoms with Gasteiger partial charge in [-0.3, -0.25) is 0 Å². The van der Waals surface area contributed by atoms with E-state index in [0.29, 0.717) is 5.75 Å². The third kappa shape index (κ3) is 2.02. The number of aliphatic hydroxyl groups is 1. The number of aromatic nitrogens is 1. The van der Waals surface area contributed by atoms with Crippen LogP contribution in [0.3, 0.4) is 0 Å². The molecular weight excluding hydrogens is 245 g/mol. The van der Waals surface area contributed by atoms with Crippen LogP contribution in [0.4, 0.5) is 4.39 Å². The predicted molar refractivity (Wildman–Crippen MR) is 70.2 cm³/mol. The van der Waals surface area contributed by atoms with Crippen molar-refractivity contribution < 1.29 is 14.2 Å². The molecule has 1 aromatic carbocycles. The van der Waals surface area contributed by atoms with Crippen LogP contribution in [0.2, 0.25) is 0 Å². The summed E-state index contributed by atoms with van der Waals surface area (Å²) in [7, 11) is 1.53. The van der Waals surface area contributed by atoms with Crippen LogP contribution in [-0.4, -0.2) is 16.8 Å². The third-order valence-corrected chi connectivity index (χ3v) is 3.68. The molecule has 1 atom stereocenters. The van der Waals surface area contributed by atoms with Crippen LogP contribution in [0.15, 0.2) is 30.5 Å². The van der Waals surface area contributed by atoms with E-state index < -0.39 is 6.10 Å². The van der Waals surface area contributed by atoms with Crippen molar-refractivity contribution in [1.82, 2.24) is 4.57 Å². The number of hydrogen-bond acceptors (Lipinski definition) is 2. The Balaban J connectivity index is 2.13. The zero-order valence-electron chi connectivity index (χ0n) is 10.8. The number of methoxy groups -OCH3 is 1. The summed E-state index contributed by atoms with van der Waals surface area (Å²) in [6, 6.07) is 6.43. The molecule has 3 nitrogen and oxygen atoms in total. The molecule has 0 saturated heterocycles. The van der Waals surface area contributed by atoms with Gasteiger partial charge < -0.3 is 14.4 Å². The van der Waals surface area contributed by atoms with Crippen molar-refractivity contribution in [1.29, 1.82) is 0 Å². The van der Waals surface area contributed by atoms with Crippen LogP contribution < -0.4 is 4.74 Å². The average Bonchev–Trinajstić information content (AvgIpc) is 2.84. The Morgan fingerprint density at radius 1 is 1.37 bits per heavy atom. The molecule has 0 saturated carbocycles. The summed E-state index contributed by atoms with van der Waals surface area (Å²) in [5.41, 5.74) is 2.86. The second-order valence-electron chi connectivity index (χ2n) is 4.81. The lowest BCUT2D eigenvalue weighted by atomic mass is 9.95. The van der Waals surface area contributed by atoms with E-state index in [-0.39, 0.29) is 5.82 Å². The summed E-state index contributed by atoms with van der Waals surface area (Å²) in [5.74, 6) is 0.181. The number of rotatable bonds is 2. The first-order valence-electron chi connectivity index (χ1n) is 6.43. The highest BCUT2D eigenvalue weighted by molar-refractivity contribution is 5.50. The third-order valence-electron chi connectivity index (χ3n) is 3.68. The fourth-order valence-corrected chi connectivity index (χ4v) is 2.74. The Morgan fingerprint density at radius 2 is 2.21 bits per heavy atom. The maximum Gasteiger partial charge on any atom is 0.145 e. The highest BCUT2D eigenvalue weighted by atomic mass is 19.1. The molecule has 0 radical (unpaired) electrons. The molecule has 0 aliphatic heterocycles. The summed E-state index contributed by atoms with van der Waals surface area (Å²) >= 11 is 0. The normalized spacial score (nSPS) is 18.2.